The van der Waals surface area contributed by atoms with Crippen LogP contribution in [0.2, 0.25) is 0 Å². The van der Waals surface area contributed by atoms with Gasteiger partial charge in [-0.3, -0.25) is 0 Å². The van der Waals surface area contributed by atoms with Gasteiger partial charge in [-0.05, 0) is 49.6 Å². The Morgan fingerprint density at radius 2 is 1.89 bits per heavy atom. The van der Waals surface area contributed by atoms with E-state index >= 15 is 0 Å². The minimum Gasteiger partial charge on any atom is -0.496 e. The van der Waals surface area contributed by atoms with Gasteiger partial charge in [-0.25, -0.2) is 4.79 Å². The molecular weight excluding hydrogens is 260 g/mol. The Morgan fingerprint density at radius 1 is 1.21 bits per heavy atom. The predicted octanol–water partition coefficient (Wildman–Crippen LogP) is 4.05. The van der Waals surface area contributed by atoms with Gasteiger partial charge in [0.1, 0.15) is 5.75 Å². The minimum absolute atomic E-state index is 0.371. The van der Waals surface area contributed by atoms with Crippen LogP contribution < -0.4 is 4.74 Å². The van der Waals surface area contributed by atoms with E-state index in [4.69, 9.17) is 4.74 Å². The van der Waals surface area contributed by atoms with Gasteiger partial charge < -0.3 is 9.84 Å². The van der Waals surface area contributed by atoms with Gasteiger partial charge in [0.25, 0.3) is 0 Å². The van der Waals surface area contributed by atoms with Crippen LogP contribution in [0.1, 0.15) is 26.4 Å². The van der Waals surface area contributed by atoms with Gasteiger partial charge in [0.2, 0.25) is 0 Å². The summed E-state index contributed by atoms with van der Waals surface area (Å²) < 4.78 is 5.29. The van der Waals surface area contributed by atoms with Gasteiger partial charge in [0, 0.05) is 15.8 Å². The van der Waals surface area contributed by atoms with E-state index < -0.39 is 5.97 Å². The Hall–Kier alpha value is -1.81. The van der Waals surface area contributed by atoms with E-state index in [0.29, 0.717) is 5.56 Å². The zero-order valence-electron chi connectivity index (χ0n) is 11.4. The van der Waals surface area contributed by atoms with E-state index in [-0.39, 0.29) is 0 Å². The molecule has 100 valence electrons. The molecule has 1 aromatic carbocycles. The molecule has 0 aliphatic carbocycles. The summed E-state index contributed by atoms with van der Waals surface area (Å²) in [6.07, 6.45) is 0. The molecule has 0 unspecified atom stereocenters. The van der Waals surface area contributed by atoms with Crippen LogP contribution in [-0.4, -0.2) is 18.2 Å². The summed E-state index contributed by atoms with van der Waals surface area (Å²) in [4.78, 5) is 12.3. The minimum atomic E-state index is -0.882. The first kappa shape index (κ1) is 13.6. The number of carboxylic acid groups (broad SMARTS) is 1. The number of aryl methyl sites for hydroxylation is 3. The summed E-state index contributed by atoms with van der Waals surface area (Å²) >= 11 is 1.47. The van der Waals surface area contributed by atoms with Gasteiger partial charge in [-0.2, -0.15) is 0 Å². The lowest BCUT2D eigenvalue weighted by Crippen LogP contribution is -1.99. The summed E-state index contributed by atoms with van der Waals surface area (Å²) in [5.41, 5.74) is 4.18. The molecule has 19 heavy (non-hydrogen) atoms. The molecular formula is C15H16O3S. The Kier molecular flexibility index (Phi) is 3.62. The van der Waals surface area contributed by atoms with Crippen molar-refractivity contribution in [3.8, 4) is 16.9 Å². The van der Waals surface area contributed by atoms with E-state index in [9.17, 15) is 9.90 Å². The zero-order valence-corrected chi connectivity index (χ0v) is 12.2. The van der Waals surface area contributed by atoms with Gasteiger partial charge in [0.05, 0.1) is 12.7 Å². The number of hydrogen-bond acceptors (Lipinski definition) is 3. The number of rotatable bonds is 3. The fourth-order valence-electron chi connectivity index (χ4n) is 2.23. The Bertz CT molecular complexity index is 641. The normalized spacial score (nSPS) is 10.5. The molecule has 3 nitrogen and oxygen atoms in total. The largest absolute Gasteiger partial charge is 0.496 e. The third-order valence-electron chi connectivity index (χ3n) is 3.22. The maximum atomic E-state index is 11.3. The van der Waals surface area contributed by atoms with Crippen LogP contribution >= 0.6 is 11.3 Å². The van der Waals surface area contributed by atoms with Crippen LogP contribution in [0.25, 0.3) is 11.1 Å². The standard InChI is InChI=1S/C15H16O3S/c1-8-6-13(18-4)9(2)5-11(8)14-10(3)19-7-12(14)15(16)17/h5-7H,1-4H3,(H,16,17). The molecule has 0 radical (unpaired) electrons. The Balaban J connectivity index is 2.69. The lowest BCUT2D eigenvalue weighted by molar-refractivity contribution is 0.0698. The van der Waals surface area contributed by atoms with Crippen molar-refractivity contribution in [1.82, 2.24) is 0 Å². The van der Waals surface area contributed by atoms with Crippen molar-refractivity contribution in [2.75, 3.05) is 7.11 Å². The van der Waals surface area contributed by atoms with Crippen LogP contribution in [0.5, 0.6) is 5.75 Å². The number of aromatic carboxylic acids is 1. The van der Waals surface area contributed by atoms with Gasteiger partial charge in [-0.15, -0.1) is 11.3 Å². The van der Waals surface area contributed by atoms with Crippen molar-refractivity contribution in [2.24, 2.45) is 0 Å². The molecule has 2 aromatic rings. The van der Waals surface area contributed by atoms with Crippen molar-refractivity contribution < 1.29 is 14.6 Å². The summed E-state index contributed by atoms with van der Waals surface area (Å²) in [6, 6.07) is 3.95. The van der Waals surface area contributed by atoms with Crippen molar-refractivity contribution in [2.45, 2.75) is 20.8 Å². The fourth-order valence-corrected chi connectivity index (χ4v) is 3.08. The highest BCUT2D eigenvalue weighted by molar-refractivity contribution is 7.10. The second-order valence-corrected chi connectivity index (χ2v) is 5.61. The van der Waals surface area contributed by atoms with Gasteiger partial charge >= 0.3 is 5.97 Å². The average molecular weight is 276 g/mol. The number of methoxy groups -OCH3 is 1. The lowest BCUT2D eigenvalue weighted by Gasteiger charge is -2.12. The highest BCUT2D eigenvalue weighted by Crippen LogP contribution is 2.37. The maximum Gasteiger partial charge on any atom is 0.337 e. The maximum absolute atomic E-state index is 11.3. The van der Waals surface area contributed by atoms with E-state index in [1.54, 1.807) is 12.5 Å². The molecule has 2 rings (SSSR count). The molecule has 4 heteroatoms. The highest BCUT2D eigenvalue weighted by atomic mass is 32.1. The second kappa shape index (κ2) is 5.05. The zero-order chi connectivity index (χ0) is 14.2. The molecule has 0 saturated carbocycles. The van der Waals surface area contributed by atoms with Crippen LogP contribution in [0.3, 0.4) is 0 Å². The fraction of sp³-hybridized carbons (Fsp3) is 0.267. The van der Waals surface area contributed by atoms with Crippen LogP contribution in [0.15, 0.2) is 17.5 Å². The first-order chi connectivity index (χ1) is 8.95. The van der Waals surface area contributed by atoms with E-state index in [1.165, 1.54) is 11.3 Å². The monoisotopic (exact) mass is 276 g/mol. The SMILES string of the molecule is COc1cc(C)c(-c2c(C(=O)O)csc2C)cc1C. The quantitative estimate of drug-likeness (QED) is 0.920. The molecule has 0 spiro atoms. The third-order valence-corrected chi connectivity index (χ3v) is 4.13. The summed E-state index contributed by atoms with van der Waals surface area (Å²) in [5.74, 6) is -0.0572. The number of carbonyl (C=O) groups is 1. The number of carboxylic acids is 1. The first-order valence-electron chi connectivity index (χ1n) is 5.92. The number of hydrogen-bond donors (Lipinski definition) is 1. The molecule has 0 fully saturated rings. The molecule has 0 saturated heterocycles. The Labute approximate surface area is 116 Å². The van der Waals surface area contributed by atoms with Crippen LogP contribution in [0, 0.1) is 20.8 Å². The van der Waals surface area contributed by atoms with Crippen LogP contribution in [-0.2, 0) is 0 Å². The topological polar surface area (TPSA) is 46.5 Å². The summed E-state index contributed by atoms with van der Waals surface area (Å²) in [6.45, 7) is 5.88. The van der Waals surface area contributed by atoms with Crippen molar-refractivity contribution in [3.63, 3.8) is 0 Å². The van der Waals surface area contributed by atoms with Gasteiger partial charge in [0.15, 0.2) is 0 Å². The molecule has 0 aliphatic heterocycles. The second-order valence-electron chi connectivity index (χ2n) is 4.52. The van der Waals surface area contributed by atoms with Gasteiger partial charge in [-0.1, -0.05) is 0 Å². The number of ether oxygens (including phenoxy) is 1. The molecule has 1 heterocycles. The van der Waals surface area contributed by atoms with E-state index in [2.05, 4.69) is 0 Å². The van der Waals surface area contributed by atoms with Crippen molar-refractivity contribution >= 4 is 17.3 Å². The first-order valence-corrected chi connectivity index (χ1v) is 6.80. The highest BCUT2D eigenvalue weighted by Gasteiger charge is 2.18. The summed E-state index contributed by atoms with van der Waals surface area (Å²) in [7, 11) is 1.64. The average Bonchev–Trinajstić information content (AvgIpc) is 2.73. The van der Waals surface area contributed by atoms with Crippen molar-refractivity contribution in [3.05, 3.63) is 39.1 Å². The predicted molar refractivity (Wildman–Crippen MR) is 77.5 cm³/mol. The Morgan fingerprint density at radius 3 is 2.47 bits per heavy atom. The lowest BCUT2D eigenvalue weighted by atomic mass is 9.95. The molecule has 0 aliphatic rings. The van der Waals surface area contributed by atoms with E-state index in [0.717, 1.165) is 32.9 Å². The molecule has 0 bridgehead atoms. The summed E-state index contributed by atoms with van der Waals surface area (Å²) in [5, 5.41) is 11.0. The number of thiophene rings is 1. The van der Waals surface area contributed by atoms with E-state index in [1.807, 2.05) is 32.9 Å². The molecule has 0 amide bonds. The molecule has 1 aromatic heterocycles. The third kappa shape index (κ3) is 2.36. The molecule has 0 atom stereocenters. The smallest absolute Gasteiger partial charge is 0.337 e. The molecule has 1 N–H and O–H groups in total. The number of benzene rings is 1. The van der Waals surface area contributed by atoms with Crippen LogP contribution in [0.4, 0.5) is 0 Å². The van der Waals surface area contributed by atoms with Crippen molar-refractivity contribution in [1.29, 1.82) is 0 Å².